The van der Waals surface area contributed by atoms with Gasteiger partial charge in [0.1, 0.15) is 18.7 Å². The Morgan fingerprint density at radius 3 is 2.76 bits per heavy atom. The molecular weight excluding hydrogens is 439 g/mol. The molecule has 132 valence electrons. The summed E-state index contributed by atoms with van der Waals surface area (Å²) in [6.45, 7) is 0.579. The maximum absolute atomic E-state index is 12.4. The Morgan fingerprint density at radius 1 is 1.36 bits per heavy atom. The molecule has 1 N–H and O–H groups in total. The zero-order valence-corrected chi connectivity index (χ0v) is 15.7. The first-order chi connectivity index (χ1) is 12.0. The van der Waals surface area contributed by atoms with E-state index in [9.17, 15) is 14.4 Å². The van der Waals surface area contributed by atoms with Crippen molar-refractivity contribution in [2.45, 2.75) is 12.5 Å². The number of amides is 1. The highest BCUT2D eigenvalue weighted by atomic mass is 127. The number of ether oxygens (including phenoxy) is 2. The fourth-order valence-electron chi connectivity index (χ4n) is 2.91. The predicted molar refractivity (Wildman–Crippen MR) is 96.2 cm³/mol. The highest BCUT2D eigenvalue weighted by Crippen LogP contribution is 2.37. The fraction of sp³-hybridized carbons (Fsp3) is 0.353. The van der Waals surface area contributed by atoms with Crippen molar-refractivity contribution in [3.63, 3.8) is 0 Å². The molecule has 1 unspecified atom stereocenters. The number of rotatable bonds is 4. The van der Waals surface area contributed by atoms with Gasteiger partial charge in [0, 0.05) is 16.5 Å². The second-order valence-corrected chi connectivity index (χ2v) is 6.93. The number of fused-ring (bicyclic) bond motifs is 1. The van der Waals surface area contributed by atoms with Crippen LogP contribution in [0, 0.1) is 3.57 Å². The summed E-state index contributed by atoms with van der Waals surface area (Å²) in [7, 11) is 1.23. The van der Waals surface area contributed by atoms with Gasteiger partial charge < -0.3 is 19.7 Å². The number of nitrogens with zero attached hydrogens (tertiary/aromatic N) is 1. The van der Waals surface area contributed by atoms with Gasteiger partial charge in [-0.3, -0.25) is 14.4 Å². The number of Topliss-reactive ketones (excluding diaryl/α,β-unsaturated/α-hetero) is 1. The van der Waals surface area contributed by atoms with E-state index in [2.05, 4.69) is 32.6 Å². The third-order valence-electron chi connectivity index (χ3n) is 4.19. The first-order valence-electron chi connectivity index (χ1n) is 7.78. The van der Waals surface area contributed by atoms with Crippen LogP contribution in [0.5, 0.6) is 0 Å². The van der Waals surface area contributed by atoms with Crippen molar-refractivity contribution >= 4 is 40.3 Å². The van der Waals surface area contributed by atoms with Crippen molar-refractivity contribution < 1.29 is 23.9 Å². The summed E-state index contributed by atoms with van der Waals surface area (Å²) >= 11 is 2.24. The Hall–Kier alpha value is -2.10. The minimum absolute atomic E-state index is 0.0248. The lowest BCUT2D eigenvalue weighted by Gasteiger charge is -2.29. The van der Waals surface area contributed by atoms with Crippen LogP contribution >= 0.6 is 22.6 Å². The molecule has 25 heavy (non-hydrogen) atoms. The number of carbonyl (C=O) groups is 3. The number of halogens is 1. The van der Waals surface area contributed by atoms with E-state index < -0.39 is 11.9 Å². The Kier molecular flexibility index (Phi) is 5.26. The smallest absolute Gasteiger partial charge is 0.325 e. The SMILES string of the molecule is COC(=O)CNC(=O)C1=C2OCC(c3ccc(I)cc3)N2CCC1=O. The zero-order valence-electron chi connectivity index (χ0n) is 13.6. The van der Waals surface area contributed by atoms with Gasteiger partial charge in [-0.15, -0.1) is 0 Å². The van der Waals surface area contributed by atoms with E-state index in [1.54, 1.807) is 0 Å². The Bertz CT molecular complexity index is 744. The first-order valence-corrected chi connectivity index (χ1v) is 8.86. The summed E-state index contributed by atoms with van der Waals surface area (Å²) < 4.78 is 11.3. The van der Waals surface area contributed by atoms with Crippen molar-refractivity contribution in [3.05, 3.63) is 44.9 Å². The highest BCUT2D eigenvalue weighted by molar-refractivity contribution is 14.1. The van der Waals surface area contributed by atoms with Crippen LogP contribution in [-0.4, -0.2) is 49.4 Å². The number of benzene rings is 1. The number of methoxy groups -OCH3 is 1. The van der Waals surface area contributed by atoms with Gasteiger partial charge in [0.05, 0.1) is 13.2 Å². The number of esters is 1. The summed E-state index contributed by atoms with van der Waals surface area (Å²) in [6.07, 6.45) is 0.231. The lowest BCUT2D eigenvalue weighted by Crippen LogP contribution is -2.39. The zero-order chi connectivity index (χ0) is 18.0. The lowest BCUT2D eigenvalue weighted by molar-refractivity contribution is -0.141. The summed E-state index contributed by atoms with van der Waals surface area (Å²) in [5.41, 5.74) is 1.04. The van der Waals surface area contributed by atoms with Crippen LogP contribution in [0.3, 0.4) is 0 Å². The summed E-state index contributed by atoms with van der Waals surface area (Å²) in [4.78, 5) is 37.7. The van der Waals surface area contributed by atoms with Gasteiger partial charge in [-0.25, -0.2) is 0 Å². The summed E-state index contributed by atoms with van der Waals surface area (Å²) in [5.74, 6) is -1.18. The Balaban J connectivity index is 1.84. The summed E-state index contributed by atoms with van der Waals surface area (Å²) in [5, 5.41) is 2.41. The third kappa shape index (κ3) is 3.63. The van der Waals surface area contributed by atoms with Gasteiger partial charge >= 0.3 is 5.97 Å². The molecule has 0 aromatic heterocycles. The molecule has 1 fully saturated rings. The van der Waals surface area contributed by atoms with Gasteiger partial charge in [-0.2, -0.15) is 0 Å². The minimum atomic E-state index is -0.613. The fourth-order valence-corrected chi connectivity index (χ4v) is 3.27. The maximum Gasteiger partial charge on any atom is 0.325 e. The molecule has 8 heteroatoms. The Morgan fingerprint density at radius 2 is 2.08 bits per heavy atom. The predicted octanol–water partition coefficient (Wildman–Crippen LogP) is 1.14. The van der Waals surface area contributed by atoms with E-state index in [1.807, 2.05) is 29.2 Å². The lowest BCUT2D eigenvalue weighted by atomic mass is 10.0. The van der Waals surface area contributed by atoms with Gasteiger partial charge in [-0.05, 0) is 40.3 Å². The van der Waals surface area contributed by atoms with Crippen molar-refractivity contribution in [1.82, 2.24) is 10.2 Å². The Labute approximate surface area is 158 Å². The van der Waals surface area contributed by atoms with Crippen LogP contribution in [0.15, 0.2) is 35.7 Å². The molecule has 3 rings (SSSR count). The monoisotopic (exact) mass is 456 g/mol. The van der Waals surface area contributed by atoms with Gasteiger partial charge in [-0.1, -0.05) is 12.1 Å². The number of ketones is 1. The largest absolute Gasteiger partial charge is 0.476 e. The topological polar surface area (TPSA) is 84.9 Å². The molecule has 2 heterocycles. The van der Waals surface area contributed by atoms with Crippen molar-refractivity contribution in [2.75, 3.05) is 26.8 Å². The third-order valence-corrected chi connectivity index (χ3v) is 4.91. The molecule has 1 atom stereocenters. The van der Waals surface area contributed by atoms with E-state index in [0.717, 1.165) is 9.13 Å². The number of carbonyl (C=O) groups excluding carboxylic acids is 3. The molecule has 0 spiro atoms. The molecule has 0 aliphatic carbocycles. The van der Waals surface area contributed by atoms with Crippen LogP contribution in [0.4, 0.5) is 0 Å². The molecule has 0 saturated carbocycles. The average molecular weight is 456 g/mol. The van der Waals surface area contributed by atoms with E-state index in [0.29, 0.717) is 19.0 Å². The molecular formula is C17H17IN2O5. The van der Waals surface area contributed by atoms with Gasteiger partial charge in [0.25, 0.3) is 5.91 Å². The standard InChI is InChI=1S/C17H17IN2O5/c1-24-14(22)8-19-16(23)15-13(21)6-7-20-12(9-25-17(15)20)10-2-4-11(18)5-3-10/h2-5,12H,6-9H2,1H3,(H,19,23). The molecule has 2 aliphatic rings. The molecule has 7 nitrogen and oxygen atoms in total. The van der Waals surface area contributed by atoms with E-state index in [1.165, 1.54) is 7.11 Å². The van der Waals surface area contributed by atoms with Crippen molar-refractivity contribution in [2.24, 2.45) is 0 Å². The molecule has 1 amide bonds. The van der Waals surface area contributed by atoms with Crippen LogP contribution in [0.2, 0.25) is 0 Å². The minimum Gasteiger partial charge on any atom is -0.476 e. The van der Waals surface area contributed by atoms with Crippen molar-refractivity contribution in [1.29, 1.82) is 0 Å². The van der Waals surface area contributed by atoms with Crippen molar-refractivity contribution in [3.8, 4) is 0 Å². The quantitative estimate of drug-likeness (QED) is 0.416. The molecule has 0 radical (unpaired) electrons. The van der Waals surface area contributed by atoms with E-state index >= 15 is 0 Å². The number of nitrogens with one attached hydrogen (secondary N) is 1. The molecule has 1 aromatic rings. The van der Waals surface area contributed by atoms with Gasteiger partial charge in [0.15, 0.2) is 5.78 Å². The van der Waals surface area contributed by atoms with Crippen LogP contribution < -0.4 is 5.32 Å². The number of hydrogen-bond donors (Lipinski definition) is 1. The van der Waals surface area contributed by atoms with Gasteiger partial charge in [0.2, 0.25) is 5.88 Å². The molecule has 1 aromatic carbocycles. The van der Waals surface area contributed by atoms with Crippen LogP contribution in [0.1, 0.15) is 18.0 Å². The average Bonchev–Trinajstić information content (AvgIpc) is 3.03. The molecule has 1 saturated heterocycles. The van der Waals surface area contributed by atoms with E-state index in [4.69, 9.17) is 4.74 Å². The molecule has 2 aliphatic heterocycles. The summed E-state index contributed by atoms with van der Waals surface area (Å²) in [6, 6.07) is 8.02. The van der Waals surface area contributed by atoms with Crippen LogP contribution in [-0.2, 0) is 23.9 Å². The van der Waals surface area contributed by atoms with E-state index in [-0.39, 0.29) is 30.4 Å². The normalized spacial score (nSPS) is 19.4. The number of hydrogen-bond acceptors (Lipinski definition) is 6. The first kappa shape index (κ1) is 17.7. The second kappa shape index (κ2) is 7.42. The van der Waals surface area contributed by atoms with Crippen LogP contribution in [0.25, 0.3) is 0 Å². The second-order valence-electron chi connectivity index (χ2n) is 5.68. The highest BCUT2D eigenvalue weighted by Gasteiger charge is 2.40. The molecule has 0 bridgehead atoms. The maximum atomic E-state index is 12.4.